The van der Waals surface area contributed by atoms with Gasteiger partial charge in [0.2, 0.25) is 0 Å². The van der Waals surface area contributed by atoms with Crippen molar-refractivity contribution >= 4 is 31.7 Å². The maximum atomic E-state index is 11.9. The van der Waals surface area contributed by atoms with E-state index in [0.717, 1.165) is 6.07 Å². The van der Waals surface area contributed by atoms with Gasteiger partial charge in [-0.25, -0.2) is 13.2 Å². The van der Waals surface area contributed by atoms with Crippen molar-refractivity contribution in [2.24, 2.45) is 0 Å². The Bertz CT molecular complexity index is 536. The zero-order valence-corrected chi connectivity index (χ0v) is 11.3. The van der Waals surface area contributed by atoms with Gasteiger partial charge in [0.05, 0.1) is 22.3 Å². The van der Waals surface area contributed by atoms with Crippen LogP contribution in [-0.2, 0) is 9.84 Å². The number of hydrogen-bond donors (Lipinski definition) is 2. The Hall–Kier alpha value is -0.920. The summed E-state index contributed by atoms with van der Waals surface area (Å²) in [5.74, 6) is -1.65. The van der Waals surface area contributed by atoms with Gasteiger partial charge in [-0.2, -0.15) is 0 Å². The van der Waals surface area contributed by atoms with E-state index in [1.54, 1.807) is 0 Å². The lowest BCUT2D eigenvalue weighted by Gasteiger charge is -2.09. The Labute approximate surface area is 107 Å². The molecule has 5 nitrogen and oxygen atoms in total. The van der Waals surface area contributed by atoms with Gasteiger partial charge in [-0.15, -0.1) is 0 Å². The number of sulfone groups is 1. The molecule has 7 heteroatoms. The van der Waals surface area contributed by atoms with Gasteiger partial charge in [0.25, 0.3) is 0 Å². The fourth-order valence-corrected chi connectivity index (χ4v) is 3.75. The normalized spacial score (nSPS) is 13.4. The lowest BCUT2D eigenvalue weighted by Crippen LogP contribution is -2.18. The van der Waals surface area contributed by atoms with Crippen molar-refractivity contribution in [2.45, 2.75) is 17.9 Å². The molecule has 1 aromatic carbocycles. The van der Waals surface area contributed by atoms with Gasteiger partial charge < -0.3 is 10.2 Å². The van der Waals surface area contributed by atoms with E-state index in [-0.39, 0.29) is 14.9 Å². The molecular weight excluding hydrogens is 312 g/mol. The molecule has 1 unspecified atom stereocenters. The molecule has 1 rings (SSSR count). The number of aliphatic hydroxyl groups is 1. The largest absolute Gasteiger partial charge is 0.478 e. The van der Waals surface area contributed by atoms with Crippen LogP contribution >= 0.6 is 15.9 Å². The first-order valence-corrected chi connectivity index (χ1v) is 7.12. The molecule has 0 spiro atoms. The number of rotatable bonds is 4. The highest BCUT2D eigenvalue weighted by Gasteiger charge is 2.21. The first kappa shape index (κ1) is 14.1. The first-order chi connectivity index (χ1) is 7.74. The minimum absolute atomic E-state index is 0.114. The van der Waals surface area contributed by atoms with Crippen LogP contribution in [-0.4, -0.2) is 36.5 Å². The molecule has 0 radical (unpaired) electrons. The van der Waals surface area contributed by atoms with Gasteiger partial charge in [0, 0.05) is 4.47 Å². The van der Waals surface area contributed by atoms with Crippen LogP contribution in [0.25, 0.3) is 0 Å². The van der Waals surface area contributed by atoms with E-state index < -0.39 is 27.7 Å². The van der Waals surface area contributed by atoms with E-state index in [9.17, 15) is 13.2 Å². The smallest absolute Gasteiger partial charge is 0.335 e. The van der Waals surface area contributed by atoms with Crippen molar-refractivity contribution in [3.63, 3.8) is 0 Å². The van der Waals surface area contributed by atoms with E-state index >= 15 is 0 Å². The molecule has 0 aliphatic rings. The third kappa shape index (κ3) is 3.52. The number of hydrogen-bond acceptors (Lipinski definition) is 4. The lowest BCUT2D eigenvalue weighted by molar-refractivity contribution is 0.0696. The highest BCUT2D eigenvalue weighted by atomic mass is 79.9. The highest BCUT2D eigenvalue weighted by Crippen LogP contribution is 2.24. The van der Waals surface area contributed by atoms with E-state index in [2.05, 4.69) is 15.9 Å². The molecule has 1 aromatic rings. The Morgan fingerprint density at radius 3 is 2.53 bits per heavy atom. The first-order valence-electron chi connectivity index (χ1n) is 4.67. The molecule has 94 valence electrons. The number of halogens is 1. The summed E-state index contributed by atoms with van der Waals surface area (Å²) in [7, 11) is -3.71. The maximum Gasteiger partial charge on any atom is 0.335 e. The second-order valence-corrected chi connectivity index (χ2v) is 6.44. The zero-order valence-electron chi connectivity index (χ0n) is 8.92. The quantitative estimate of drug-likeness (QED) is 0.871. The van der Waals surface area contributed by atoms with Gasteiger partial charge in [-0.05, 0) is 41.1 Å². The zero-order chi connectivity index (χ0) is 13.2. The van der Waals surface area contributed by atoms with E-state index in [1.807, 2.05) is 0 Å². The molecule has 0 heterocycles. The van der Waals surface area contributed by atoms with Gasteiger partial charge in [-0.3, -0.25) is 0 Å². The molecule has 0 aliphatic heterocycles. The molecule has 0 aromatic heterocycles. The maximum absolute atomic E-state index is 11.9. The number of carboxylic acids is 1. The summed E-state index contributed by atoms with van der Waals surface area (Å²) in [6.45, 7) is 1.35. The summed E-state index contributed by atoms with van der Waals surface area (Å²) in [6.07, 6.45) is -1.01. The van der Waals surface area contributed by atoms with E-state index in [1.165, 1.54) is 19.1 Å². The minimum atomic E-state index is -3.71. The van der Waals surface area contributed by atoms with E-state index in [0.29, 0.717) is 0 Å². The second-order valence-electron chi connectivity index (χ2n) is 3.58. The topological polar surface area (TPSA) is 91.7 Å². The fraction of sp³-hybridized carbons (Fsp3) is 0.300. The molecule has 0 saturated heterocycles. The van der Waals surface area contributed by atoms with Gasteiger partial charge in [-0.1, -0.05) is 0 Å². The van der Waals surface area contributed by atoms with Crippen molar-refractivity contribution in [1.29, 1.82) is 0 Å². The summed E-state index contributed by atoms with van der Waals surface area (Å²) in [5.41, 5.74) is -0.114. The van der Waals surface area contributed by atoms with Crippen molar-refractivity contribution in [3.8, 4) is 0 Å². The van der Waals surface area contributed by atoms with Gasteiger partial charge >= 0.3 is 5.97 Å². The number of carbonyl (C=O) groups is 1. The average Bonchev–Trinajstić information content (AvgIpc) is 2.15. The van der Waals surface area contributed by atoms with Crippen LogP contribution in [0.4, 0.5) is 0 Å². The van der Waals surface area contributed by atoms with Crippen LogP contribution in [0.1, 0.15) is 17.3 Å². The van der Waals surface area contributed by atoms with Crippen LogP contribution < -0.4 is 0 Å². The molecule has 2 N–H and O–H groups in total. The second kappa shape index (κ2) is 5.16. The molecule has 0 bridgehead atoms. The number of aromatic carboxylic acids is 1. The fourth-order valence-electron chi connectivity index (χ4n) is 1.28. The van der Waals surface area contributed by atoms with Crippen LogP contribution in [0, 0.1) is 0 Å². The monoisotopic (exact) mass is 322 g/mol. The summed E-state index contributed by atoms with van der Waals surface area (Å²) >= 11 is 3.05. The Morgan fingerprint density at radius 1 is 1.47 bits per heavy atom. The van der Waals surface area contributed by atoms with Crippen molar-refractivity contribution in [3.05, 3.63) is 28.2 Å². The predicted molar refractivity (Wildman–Crippen MR) is 64.8 cm³/mol. The van der Waals surface area contributed by atoms with Crippen molar-refractivity contribution < 1.29 is 23.4 Å². The van der Waals surface area contributed by atoms with Gasteiger partial charge in [0.1, 0.15) is 0 Å². The predicted octanol–water partition coefficient (Wildman–Crippen LogP) is 1.30. The number of aliphatic hydroxyl groups excluding tert-OH is 1. The summed E-state index contributed by atoms with van der Waals surface area (Å²) in [4.78, 5) is 10.6. The summed E-state index contributed by atoms with van der Waals surface area (Å²) in [6, 6.07) is 3.73. The SMILES string of the molecule is CC(O)CS(=O)(=O)c1cc(C(=O)O)ccc1Br. The highest BCUT2D eigenvalue weighted by molar-refractivity contribution is 9.10. The van der Waals surface area contributed by atoms with Crippen LogP contribution in [0.2, 0.25) is 0 Å². The number of benzene rings is 1. The Kier molecular flexibility index (Phi) is 4.29. The van der Waals surface area contributed by atoms with Gasteiger partial charge in [0.15, 0.2) is 9.84 Å². The van der Waals surface area contributed by atoms with Crippen molar-refractivity contribution in [2.75, 3.05) is 5.75 Å². The Morgan fingerprint density at radius 2 is 2.06 bits per heavy atom. The molecule has 0 saturated carbocycles. The number of carboxylic acid groups (broad SMARTS) is 1. The standard InChI is InChI=1S/C10H11BrO5S/c1-6(12)5-17(15,16)9-4-7(10(13)14)2-3-8(9)11/h2-4,6,12H,5H2,1H3,(H,13,14). The van der Waals surface area contributed by atoms with E-state index in [4.69, 9.17) is 10.2 Å². The molecule has 1 atom stereocenters. The summed E-state index contributed by atoms with van der Waals surface area (Å²) < 4.78 is 24.0. The molecule has 0 aliphatic carbocycles. The molecular formula is C10H11BrO5S. The van der Waals surface area contributed by atoms with Crippen molar-refractivity contribution in [1.82, 2.24) is 0 Å². The average molecular weight is 323 g/mol. The molecule has 0 amide bonds. The third-order valence-electron chi connectivity index (χ3n) is 1.97. The lowest BCUT2D eigenvalue weighted by atomic mass is 10.2. The minimum Gasteiger partial charge on any atom is -0.478 e. The molecule has 17 heavy (non-hydrogen) atoms. The van der Waals surface area contributed by atoms with Crippen LogP contribution in [0.15, 0.2) is 27.6 Å². The van der Waals surface area contributed by atoms with Crippen LogP contribution in [0.3, 0.4) is 0 Å². The van der Waals surface area contributed by atoms with Crippen LogP contribution in [0.5, 0.6) is 0 Å². The summed E-state index contributed by atoms with van der Waals surface area (Å²) in [5, 5.41) is 17.9. The Balaban J connectivity index is 3.30. The molecule has 0 fully saturated rings. The third-order valence-corrected chi connectivity index (χ3v) is 4.86.